The highest BCUT2D eigenvalue weighted by atomic mass is 32.2. The summed E-state index contributed by atoms with van der Waals surface area (Å²) < 4.78 is 27.6. The molecule has 3 heterocycles. The van der Waals surface area contributed by atoms with E-state index in [1.54, 1.807) is 11.0 Å². The van der Waals surface area contributed by atoms with Crippen LogP contribution in [0.1, 0.15) is 80.8 Å². The number of carboxylic acids is 1. The van der Waals surface area contributed by atoms with Crippen LogP contribution in [0, 0.1) is 29.1 Å². The molecule has 0 unspecified atom stereocenters. The second-order valence-electron chi connectivity index (χ2n) is 11.7. The molecule has 0 spiro atoms. The van der Waals surface area contributed by atoms with Crippen molar-refractivity contribution < 1.29 is 23.1 Å². The number of thiophene rings is 1. The van der Waals surface area contributed by atoms with E-state index in [1.165, 1.54) is 4.31 Å². The summed E-state index contributed by atoms with van der Waals surface area (Å²) in [5, 5.41) is 10.1. The molecule has 2 aromatic rings. The fraction of sp³-hybridized carbons (Fsp3) is 0.571. The third-order valence-corrected chi connectivity index (χ3v) is 10.3. The molecule has 0 aromatic carbocycles. The Hall–Kier alpha value is -3.01. The lowest BCUT2D eigenvalue weighted by atomic mass is 9.82. The molecule has 12 heteroatoms. The average Bonchev–Trinajstić information content (AvgIpc) is 3.32. The number of nitrogens with one attached hydrogen (secondary N) is 1. The Morgan fingerprint density at radius 1 is 1.15 bits per heavy atom. The molecule has 2 aromatic heterocycles. The Balaban J connectivity index is 1.66. The summed E-state index contributed by atoms with van der Waals surface area (Å²) in [5.41, 5.74) is -0.576. The van der Waals surface area contributed by atoms with Gasteiger partial charge < -0.3 is 15.0 Å². The van der Waals surface area contributed by atoms with Crippen LogP contribution >= 0.6 is 11.3 Å². The van der Waals surface area contributed by atoms with Gasteiger partial charge in [0, 0.05) is 36.7 Å². The monoisotopic (exact) mass is 588 g/mol. The minimum absolute atomic E-state index is 0.0603. The van der Waals surface area contributed by atoms with Crippen LogP contribution in [0.25, 0.3) is 0 Å². The van der Waals surface area contributed by atoms with Gasteiger partial charge in [-0.3, -0.25) is 4.79 Å². The number of nitrogens with zero attached hydrogens (tertiary/aromatic N) is 3. The van der Waals surface area contributed by atoms with Gasteiger partial charge in [0.25, 0.3) is 0 Å². The van der Waals surface area contributed by atoms with E-state index in [0.29, 0.717) is 29.3 Å². The Labute approximate surface area is 238 Å². The van der Waals surface area contributed by atoms with Crippen LogP contribution in [-0.4, -0.2) is 58.8 Å². The number of piperidine rings is 1. The first-order valence-electron chi connectivity index (χ1n) is 13.5. The molecule has 4 rings (SSSR count). The SMILES string of the molecule is CC(C)(C)C#Cc1cc(N(C(=O)[C@H]2CC[C@H](C)CC2)C2CCN(S(=O)(=O)c3cnc(=O)[nH]c3)CC2)c(C(=O)O)s1. The maximum atomic E-state index is 14.1. The van der Waals surface area contributed by atoms with Crippen molar-refractivity contribution in [3.63, 3.8) is 0 Å². The topological polar surface area (TPSA) is 141 Å². The molecule has 0 bridgehead atoms. The van der Waals surface area contributed by atoms with Gasteiger partial charge in [0.1, 0.15) is 9.77 Å². The Morgan fingerprint density at radius 3 is 2.35 bits per heavy atom. The van der Waals surface area contributed by atoms with Crippen molar-refractivity contribution in [2.45, 2.75) is 77.2 Å². The molecular weight excluding hydrogens is 552 g/mol. The molecule has 0 radical (unpaired) electrons. The number of aromatic nitrogens is 2. The van der Waals surface area contributed by atoms with Gasteiger partial charge in [-0.1, -0.05) is 18.8 Å². The van der Waals surface area contributed by atoms with Gasteiger partial charge in [-0.05, 0) is 71.3 Å². The standard InChI is InChI=1S/C28H36N4O6S2/c1-18-5-7-19(8-6-18)25(33)32(23-15-21(9-12-28(2,3)4)39-24(23)26(34)35)20-10-13-31(14-11-20)40(37,38)22-16-29-27(36)30-17-22/h15-20H,5-8,10-11,13-14H2,1-4H3,(H,34,35)(H,29,30,36)/t18-,19-. The number of hydrogen-bond donors (Lipinski definition) is 2. The predicted molar refractivity (Wildman–Crippen MR) is 153 cm³/mol. The summed E-state index contributed by atoms with van der Waals surface area (Å²) in [6, 6.07) is 1.33. The summed E-state index contributed by atoms with van der Waals surface area (Å²) in [6.45, 7) is 8.36. The summed E-state index contributed by atoms with van der Waals surface area (Å²) in [7, 11) is -3.89. The minimum atomic E-state index is -3.89. The number of aromatic carboxylic acids is 1. The normalized spacial score (nSPS) is 20.9. The molecule has 1 saturated carbocycles. The summed E-state index contributed by atoms with van der Waals surface area (Å²) in [4.78, 5) is 45.7. The van der Waals surface area contributed by atoms with E-state index in [0.717, 1.165) is 49.4 Å². The molecule has 10 nitrogen and oxygen atoms in total. The maximum absolute atomic E-state index is 14.1. The molecule has 2 N–H and O–H groups in total. The van der Waals surface area contributed by atoms with Crippen LogP contribution in [0.2, 0.25) is 0 Å². The Kier molecular flexibility index (Phi) is 8.87. The van der Waals surface area contributed by atoms with Gasteiger partial charge in [-0.2, -0.15) is 4.31 Å². The molecule has 1 aliphatic heterocycles. The number of carbonyl (C=O) groups is 2. The lowest BCUT2D eigenvalue weighted by Gasteiger charge is -2.40. The number of carboxylic acid groups (broad SMARTS) is 1. The molecule has 1 aliphatic carbocycles. The highest BCUT2D eigenvalue weighted by Gasteiger charge is 2.39. The van der Waals surface area contributed by atoms with E-state index in [1.807, 2.05) is 20.8 Å². The molecule has 216 valence electrons. The third kappa shape index (κ3) is 6.82. The smallest absolute Gasteiger partial charge is 0.348 e. The average molecular weight is 589 g/mol. The first-order chi connectivity index (χ1) is 18.8. The number of aromatic amines is 1. The number of amides is 1. The molecule has 0 atom stereocenters. The van der Waals surface area contributed by atoms with Crippen LogP contribution < -0.4 is 10.6 Å². The van der Waals surface area contributed by atoms with Crippen molar-refractivity contribution in [3.05, 3.63) is 38.7 Å². The van der Waals surface area contributed by atoms with Crippen molar-refractivity contribution in [2.75, 3.05) is 18.0 Å². The lowest BCUT2D eigenvalue weighted by molar-refractivity contribution is -0.124. The second-order valence-corrected chi connectivity index (χ2v) is 14.7. The molecular formula is C28H36N4O6S2. The van der Waals surface area contributed by atoms with Crippen molar-refractivity contribution in [3.8, 4) is 11.8 Å². The van der Waals surface area contributed by atoms with E-state index < -0.39 is 21.7 Å². The zero-order chi connectivity index (χ0) is 29.2. The quantitative estimate of drug-likeness (QED) is 0.487. The molecule has 1 saturated heterocycles. The van der Waals surface area contributed by atoms with E-state index >= 15 is 0 Å². The Morgan fingerprint density at radius 2 is 1.80 bits per heavy atom. The number of rotatable bonds is 6. The summed E-state index contributed by atoms with van der Waals surface area (Å²) >= 11 is 1.06. The Bertz CT molecular complexity index is 1460. The van der Waals surface area contributed by atoms with Gasteiger partial charge in [0.05, 0.1) is 16.8 Å². The van der Waals surface area contributed by atoms with E-state index in [9.17, 15) is 27.9 Å². The third-order valence-electron chi connectivity index (χ3n) is 7.40. The lowest BCUT2D eigenvalue weighted by Crippen LogP contribution is -2.51. The van der Waals surface area contributed by atoms with Crippen molar-refractivity contribution in [1.29, 1.82) is 0 Å². The summed E-state index contributed by atoms with van der Waals surface area (Å²) in [5.74, 6) is 5.33. The second kappa shape index (κ2) is 11.8. The highest BCUT2D eigenvalue weighted by molar-refractivity contribution is 7.89. The van der Waals surface area contributed by atoms with Gasteiger partial charge in [-0.15, -0.1) is 11.3 Å². The molecule has 40 heavy (non-hydrogen) atoms. The van der Waals surface area contributed by atoms with Gasteiger partial charge in [-0.25, -0.2) is 23.0 Å². The number of carbonyl (C=O) groups excluding carboxylic acids is 1. The van der Waals surface area contributed by atoms with Gasteiger partial charge in [0.15, 0.2) is 0 Å². The first kappa shape index (κ1) is 30.0. The van der Waals surface area contributed by atoms with Crippen LogP contribution in [0.3, 0.4) is 0 Å². The number of sulfonamides is 1. The van der Waals surface area contributed by atoms with E-state index in [2.05, 4.69) is 28.7 Å². The van der Waals surface area contributed by atoms with Crippen LogP contribution in [0.4, 0.5) is 5.69 Å². The highest BCUT2D eigenvalue weighted by Crippen LogP contribution is 2.38. The zero-order valence-electron chi connectivity index (χ0n) is 23.3. The number of hydrogen-bond acceptors (Lipinski definition) is 7. The predicted octanol–water partition coefficient (Wildman–Crippen LogP) is 3.94. The molecule has 2 aliphatic rings. The van der Waals surface area contributed by atoms with E-state index in [4.69, 9.17) is 0 Å². The zero-order valence-corrected chi connectivity index (χ0v) is 24.9. The number of anilines is 1. The summed E-state index contributed by atoms with van der Waals surface area (Å²) in [6.07, 6.45) is 6.19. The number of H-pyrrole nitrogens is 1. The van der Waals surface area contributed by atoms with Gasteiger partial charge >= 0.3 is 11.7 Å². The van der Waals surface area contributed by atoms with Crippen molar-refractivity contribution in [1.82, 2.24) is 14.3 Å². The fourth-order valence-corrected chi connectivity index (χ4v) is 7.41. The largest absolute Gasteiger partial charge is 0.477 e. The fourth-order valence-electron chi connectivity index (χ4n) is 5.18. The van der Waals surface area contributed by atoms with E-state index in [-0.39, 0.29) is 46.1 Å². The maximum Gasteiger partial charge on any atom is 0.348 e. The first-order valence-corrected chi connectivity index (χ1v) is 15.8. The molecule has 1 amide bonds. The minimum Gasteiger partial charge on any atom is -0.477 e. The van der Waals surface area contributed by atoms with Crippen LogP contribution in [0.5, 0.6) is 0 Å². The molecule has 2 fully saturated rings. The van der Waals surface area contributed by atoms with Crippen LogP contribution in [-0.2, 0) is 14.8 Å². The van der Waals surface area contributed by atoms with Gasteiger partial charge in [0.2, 0.25) is 15.9 Å². The van der Waals surface area contributed by atoms with Crippen LogP contribution in [0.15, 0.2) is 28.2 Å². The van der Waals surface area contributed by atoms with Crippen molar-refractivity contribution >= 4 is 38.9 Å². The van der Waals surface area contributed by atoms with Crippen molar-refractivity contribution in [2.24, 2.45) is 17.3 Å².